The van der Waals surface area contributed by atoms with Gasteiger partial charge in [0.15, 0.2) is 0 Å². The summed E-state index contributed by atoms with van der Waals surface area (Å²) in [7, 11) is 0. The third kappa shape index (κ3) is 3.51. The van der Waals surface area contributed by atoms with Crippen molar-refractivity contribution in [2.75, 3.05) is 26.2 Å². The molecule has 4 heteroatoms. The van der Waals surface area contributed by atoms with Crippen molar-refractivity contribution in [1.29, 1.82) is 0 Å². The van der Waals surface area contributed by atoms with Crippen molar-refractivity contribution in [2.45, 2.75) is 46.6 Å². The van der Waals surface area contributed by atoms with E-state index < -0.39 is 0 Å². The van der Waals surface area contributed by atoms with Crippen molar-refractivity contribution in [3.05, 3.63) is 22.8 Å². The fourth-order valence-corrected chi connectivity index (χ4v) is 3.01. The molecule has 0 spiro atoms. The van der Waals surface area contributed by atoms with Crippen molar-refractivity contribution in [3.63, 3.8) is 0 Å². The minimum Gasteiger partial charge on any atom is -0.314 e. The van der Waals surface area contributed by atoms with Gasteiger partial charge in [0.1, 0.15) is 5.82 Å². The highest BCUT2D eigenvalue weighted by Gasteiger charge is 2.22. The molecule has 1 N–H and O–H groups in total. The van der Waals surface area contributed by atoms with Crippen LogP contribution in [-0.2, 0) is 12.0 Å². The van der Waals surface area contributed by atoms with Gasteiger partial charge in [0.2, 0.25) is 0 Å². The summed E-state index contributed by atoms with van der Waals surface area (Å²) in [6.45, 7) is 16.1. The summed E-state index contributed by atoms with van der Waals surface area (Å²) in [6, 6.07) is 0. The third-order valence-electron chi connectivity index (χ3n) is 3.64. The quantitative estimate of drug-likeness (QED) is 0.882. The highest BCUT2D eigenvalue weighted by molar-refractivity contribution is 5.31. The molecular formula is C15H26N4. The summed E-state index contributed by atoms with van der Waals surface area (Å²) in [5.41, 5.74) is 3.66. The highest BCUT2D eigenvalue weighted by atomic mass is 15.2. The van der Waals surface area contributed by atoms with Gasteiger partial charge in [-0.3, -0.25) is 4.90 Å². The Morgan fingerprint density at radius 3 is 2.05 bits per heavy atom. The lowest BCUT2D eigenvalue weighted by Gasteiger charge is -2.28. The lowest BCUT2D eigenvalue weighted by atomic mass is 9.85. The predicted octanol–water partition coefficient (Wildman–Crippen LogP) is 1.80. The topological polar surface area (TPSA) is 41.1 Å². The van der Waals surface area contributed by atoms with Gasteiger partial charge in [-0.25, -0.2) is 9.97 Å². The SMILES string of the molecule is Cc1nc(CN2CCNCC2)nc(C)c1C(C)(C)C. The summed E-state index contributed by atoms with van der Waals surface area (Å²) in [6.07, 6.45) is 0. The van der Waals surface area contributed by atoms with Gasteiger partial charge in [-0.2, -0.15) is 0 Å². The van der Waals surface area contributed by atoms with Crippen LogP contribution in [0.1, 0.15) is 43.5 Å². The number of hydrogen-bond donors (Lipinski definition) is 1. The van der Waals surface area contributed by atoms with E-state index in [0.717, 1.165) is 49.9 Å². The van der Waals surface area contributed by atoms with E-state index in [2.05, 4.69) is 44.8 Å². The van der Waals surface area contributed by atoms with Crippen LogP contribution in [0.15, 0.2) is 0 Å². The maximum Gasteiger partial charge on any atom is 0.142 e. The van der Waals surface area contributed by atoms with Crippen LogP contribution in [0.4, 0.5) is 0 Å². The molecule has 1 saturated heterocycles. The summed E-state index contributed by atoms with van der Waals surface area (Å²) in [4.78, 5) is 11.9. The molecule has 4 nitrogen and oxygen atoms in total. The Kier molecular flexibility index (Phi) is 4.21. The first-order valence-corrected chi connectivity index (χ1v) is 7.15. The molecule has 19 heavy (non-hydrogen) atoms. The Morgan fingerprint density at radius 2 is 1.58 bits per heavy atom. The van der Waals surface area contributed by atoms with Crippen LogP contribution < -0.4 is 5.32 Å². The van der Waals surface area contributed by atoms with Crippen molar-refractivity contribution in [1.82, 2.24) is 20.2 Å². The number of aryl methyl sites for hydroxylation is 2. The van der Waals surface area contributed by atoms with Crippen LogP contribution in [0, 0.1) is 13.8 Å². The fourth-order valence-electron chi connectivity index (χ4n) is 3.01. The molecule has 0 aliphatic carbocycles. The van der Waals surface area contributed by atoms with Gasteiger partial charge < -0.3 is 5.32 Å². The summed E-state index contributed by atoms with van der Waals surface area (Å²) in [5.74, 6) is 0.963. The molecule has 1 aromatic rings. The van der Waals surface area contributed by atoms with E-state index in [1.165, 1.54) is 5.56 Å². The van der Waals surface area contributed by atoms with Gasteiger partial charge in [0.05, 0.1) is 6.54 Å². The molecule has 106 valence electrons. The maximum atomic E-state index is 4.72. The van der Waals surface area contributed by atoms with Gasteiger partial charge in [0.25, 0.3) is 0 Å². The largest absolute Gasteiger partial charge is 0.314 e. The molecule has 0 bridgehead atoms. The van der Waals surface area contributed by atoms with E-state index in [9.17, 15) is 0 Å². The monoisotopic (exact) mass is 262 g/mol. The molecule has 2 rings (SSSR count). The molecule has 0 radical (unpaired) electrons. The van der Waals surface area contributed by atoms with Crippen LogP contribution in [0.5, 0.6) is 0 Å². The molecule has 0 atom stereocenters. The zero-order chi connectivity index (χ0) is 14.0. The first kappa shape index (κ1) is 14.4. The lowest BCUT2D eigenvalue weighted by molar-refractivity contribution is 0.227. The number of nitrogens with one attached hydrogen (secondary N) is 1. The summed E-state index contributed by atoms with van der Waals surface area (Å²) >= 11 is 0. The lowest BCUT2D eigenvalue weighted by Crippen LogP contribution is -2.43. The van der Waals surface area contributed by atoms with Gasteiger partial charge >= 0.3 is 0 Å². The standard InChI is InChI=1S/C15H26N4/c1-11-14(15(3,4)5)12(2)18-13(17-11)10-19-8-6-16-7-9-19/h16H,6-10H2,1-5H3. The molecule has 1 aliphatic heterocycles. The molecular weight excluding hydrogens is 236 g/mol. The molecule has 0 saturated carbocycles. The molecule has 0 amide bonds. The second-order valence-electron chi connectivity index (χ2n) is 6.46. The first-order valence-electron chi connectivity index (χ1n) is 7.15. The predicted molar refractivity (Wildman–Crippen MR) is 78.4 cm³/mol. The average molecular weight is 262 g/mol. The van der Waals surface area contributed by atoms with Gasteiger partial charge in [-0.05, 0) is 19.3 Å². The number of hydrogen-bond acceptors (Lipinski definition) is 4. The minimum absolute atomic E-state index is 0.113. The van der Waals surface area contributed by atoms with Crippen LogP contribution in [0.3, 0.4) is 0 Å². The van der Waals surface area contributed by atoms with Gasteiger partial charge in [-0.15, -0.1) is 0 Å². The van der Waals surface area contributed by atoms with E-state index in [-0.39, 0.29) is 5.41 Å². The molecule has 0 unspecified atom stereocenters. The summed E-state index contributed by atoms with van der Waals surface area (Å²) < 4.78 is 0. The number of nitrogens with zero attached hydrogens (tertiary/aromatic N) is 3. The Balaban J connectivity index is 2.19. The van der Waals surface area contributed by atoms with Crippen molar-refractivity contribution in [2.24, 2.45) is 0 Å². The Hall–Kier alpha value is -1.00. The zero-order valence-corrected chi connectivity index (χ0v) is 12.9. The second kappa shape index (κ2) is 5.55. The van der Waals surface area contributed by atoms with E-state index in [4.69, 9.17) is 9.97 Å². The van der Waals surface area contributed by atoms with Crippen molar-refractivity contribution in [3.8, 4) is 0 Å². The zero-order valence-electron chi connectivity index (χ0n) is 12.9. The van der Waals surface area contributed by atoms with Gasteiger partial charge in [0, 0.05) is 43.1 Å². The maximum absolute atomic E-state index is 4.72. The van der Waals surface area contributed by atoms with Crippen LogP contribution >= 0.6 is 0 Å². The molecule has 2 heterocycles. The molecule has 0 aromatic carbocycles. The smallest absolute Gasteiger partial charge is 0.142 e. The number of piperazine rings is 1. The Labute approximate surface area is 116 Å². The Morgan fingerprint density at radius 1 is 1.05 bits per heavy atom. The van der Waals surface area contributed by atoms with Crippen molar-refractivity contribution >= 4 is 0 Å². The minimum atomic E-state index is 0.113. The number of aromatic nitrogens is 2. The average Bonchev–Trinajstić information content (AvgIpc) is 2.27. The van der Waals surface area contributed by atoms with Crippen molar-refractivity contribution < 1.29 is 0 Å². The van der Waals surface area contributed by atoms with E-state index in [1.54, 1.807) is 0 Å². The van der Waals surface area contributed by atoms with Crippen LogP contribution in [0.25, 0.3) is 0 Å². The molecule has 1 aliphatic rings. The highest BCUT2D eigenvalue weighted by Crippen LogP contribution is 2.27. The molecule has 1 aromatic heterocycles. The second-order valence-corrected chi connectivity index (χ2v) is 6.46. The summed E-state index contributed by atoms with van der Waals surface area (Å²) in [5, 5.41) is 3.37. The molecule has 1 fully saturated rings. The van der Waals surface area contributed by atoms with E-state index in [1.807, 2.05) is 0 Å². The van der Waals surface area contributed by atoms with Crippen LogP contribution in [-0.4, -0.2) is 41.0 Å². The van der Waals surface area contributed by atoms with E-state index in [0.29, 0.717) is 0 Å². The van der Waals surface area contributed by atoms with E-state index >= 15 is 0 Å². The number of rotatable bonds is 2. The Bertz CT molecular complexity index is 419. The fraction of sp³-hybridized carbons (Fsp3) is 0.733. The van der Waals surface area contributed by atoms with Crippen LogP contribution in [0.2, 0.25) is 0 Å². The first-order chi connectivity index (χ1) is 8.88. The van der Waals surface area contributed by atoms with Gasteiger partial charge in [-0.1, -0.05) is 20.8 Å². The normalized spacial score (nSPS) is 17.7. The third-order valence-corrected chi connectivity index (χ3v) is 3.64.